The molecule has 4 nitrogen and oxygen atoms in total. The maximum Gasteiger partial charge on any atom is 0.255 e. The Morgan fingerprint density at radius 1 is 1.13 bits per heavy atom. The number of aryl methyl sites for hydroxylation is 1. The van der Waals surface area contributed by atoms with Crippen LogP contribution < -0.4 is 5.56 Å². The fourth-order valence-corrected chi connectivity index (χ4v) is 3.09. The molecule has 120 valence electrons. The van der Waals surface area contributed by atoms with Gasteiger partial charge in [0.15, 0.2) is 0 Å². The number of hydrogen-bond donors (Lipinski definition) is 0. The van der Waals surface area contributed by atoms with E-state index in [9.17, 15) is 14.0 Å². The molecule has 1 aliphatic heterocycles. The highest BCUT2D eigenvalue weighted by Crippen LogP contribution is 2.32. The summed E-state index contributed by atoms with van der Waals surface area (Å²) < 4.78 is 14.6. The lowest BCUT2D eigenvalue weighted by molar-refractivity contribution is 0.0610. The molecule has 0 unspecified atom stereocenters. The molecule has 3 rings (SSSR count). The Balaban J connectivity index is 1.91. The summed E-state index contributed by atoms with van der Waals surface area (Å²) in [6.07, 6.45) is 4.43. The minimum atomic E-state index is -0.277. The monoisotopic (exact) mass is 314 g/mol. The topological polar surface area (TPSA) is 42.3 Å². The normalized spacial score (nSPS) is 18.0. The first-order valence-electron chi connectivity index (χ1n) is 7.79. The van der Waals surface area contributed by atoms with Crippen LogP contribution >= 0.6 is 0 Å². The number of benzene rings is 1. The van der Waals surface area contributed by atoms with E-state index in [1.54, 1.807) is 31.4 Å². The first-order chi connectivity index (χ1) is 11.1. The second-order valence-corrected chi connectivity index (χ2v) is 5.93. The van der Waals surface area contributed by atoms with E-state index in [0.717, 1.165) is 24.8 Å². The highest BCUT2D eigenvalue weighted by atomic mass is 19.1. The van der Waals surface area contributed by atoms with Gasteiger partial charge in [0.1, 0.15) is 5.82 Å². The van der Waals surface area contributed by atoms with Gasteiger partial charge in [-0.1, -0.05) is 12.1 Å². The van der Waals surface area contributed by atoms with Crippen molar-refractivity contribution in [2.24, 2.45) is 7.05 Å². The van der Waals surface area contributed by atoms with E-state index in [2.05, 4.69) is 0 Å². The van der Waals surface area contributed by atoms with Crippen LogP contribution in [-0.4, -0.2) is 21.9 Å². The molecule has 0 radical (unpaired) electrons. The summed E-state index contributed by atoms with van der Waals surface area (Å²) in [5, 5.41) is 0. The number of halogens is 1. The zero-order valence-electron chi connectivity index (χ0n) is 13.0. The Kier molecular flexibility index (Phi) is 4.28. The van der Waals surface area contributed by atoms with E-state index in [1.165, 1.54) is 22.8 Å². The van der Waals surface area contributed by atoms with Crippen molar-refractivity contribution in [1.29, 1.82) is 0 Å². The number of aromatic nitrogens is 1. The van der Waals surface area contributed by atoms with Gasteiger partial charge in [-0.25, -0.2) is 4.39 Å². The molecule has 1 aliphatic rings. The van der Waals surface area contributed by atoms with Gasteiger partial charge in [0.2, 0.25) is 5.56 Å². The molecule has 1 fully saturated rings. The van der Waals surface area contributed by atoms with Crippen LogP contribution in [0.5, 0.6) is 0 Å². The second kappa shape index (κ2) is 6.36. The van der Waals surface area contributed by atoms with E-state index in [4.69, 9.17) is 0 Å². The fourth-order valence-electron chi connectivity index (χ4n) is 3.09. The maximum atomic E-state index is 13.1. The Hall–Kier alpha value is -2.43. The molecule has 0 saturated carbocycles. The Labute approximate surface area is 134 Å². The number of amides is 1. The molecule has 23 heavy (non-hydrogen) atoms. The number of piperidine rings is 1. The lowest BCUT2D eigenvalue weighted by atomic mass is 9.94. The van der Waals surface area contributed by atoms with Crippen LogP contribution in [0.1, 0.15) is 41.2 Å². The van der Waals surface area contributed by atoms with Crippen molar-refractivity contribution in [1.82, 2.24) is 9.47 Å². The van der Waals surface area contributed by atoms with Crippen molar-refractivity contribution in [2.75, 3.05) is 6.54 Å². The average molecular weight is 314 g/mol. The molecule has 0 spiro atoms. The Morgan fingerprint density at radius 3 is 2.57 bits per heavy atom. The summed E-state index contributed by atoms with van der Waals surface area (Å²) in [7, 11) is 1.63. The van der Waals surface area contributed by atoms with Crippen molar-refractivity contribution < 1.29 is 9.18 Å². The van der Waals surface area contributed by atoms with Gasteiger partial charge in [-0.05, 0) is 43.0 Å². The molecular weight excluding hydrogens is 295 g/mol. The number of pyridine rings is 1. The van der Waals surface area contributed by atoms with Crippen LogP contribution in [0.2, 0.25) is 0 Å². The summed E-state index contributed by atoms with van der Waals surface area (Å²) in [5.41, 5.74) is 1.31. The van der Waals surface area contributed by atoms with Crippen molar-refractivity contribution >= 4 is 5.91 Å². The van der Waals surface area contributed by atoms with Crippen LogP contribution in [0.3, 0.4) is 0 Å². The number of rotatable bonds is 2. The lowest BCUT2D eigenvalue weighted by Crippen LogP contribution is -2.39. The molecule has 1 aromatic carbocycles. The molecule has 5 heteroatoms. The second-order valence-electron chi connectivity index (χ2n) is 5.93. The zero-order valence-corrected chi connectivity index (χ0v) is 13.0. The lowest BCUT2D eigenvalue weighted by Gasteiger charge is -2.36. The molecule has 0 aliphatic carbocycles. The number of nitrogens with zero attached hydrogens (tertiary/aromatic N) is 2. The van der Waals surface area contributed by atoms with E-state index < -0.39 is 0 Å². The van der Waals surface area contributed by atoms with Gasteiger partial charge in [-0.2, -0.15) is 0 Å². The van der Waals surface area contributed by atoms with Crippen LogP contribution in [0.15, 0.2) is 47.4 Å². The largest absolute Gasteiger partial charge is 0.332 e. The van der Waals surface area contributed by atoms with Crippen LogP contribution in [0.4, 0.5) is 4.39 Å². The van der Waals surface area contributed by atoms with E-state index in [-0.39, 0.29) is 23.3 Å². The third-order valence-electron chi connectivity index (χ3n) is 4.35. The average Bonchev–Trinajstić information content (AvgIpc) is 2.57. The van der Waals surface area contributed by atoms with E-state index in [0.29, 0.717) is 12.1 Å². The quantitative estimate of drug-likeness (QED) is 0.855. The molecule has 0 N–H and O–H groups in total. The van der Waals surface area contributed by atoms with Crippen LogP contribution in [0.25, 0.3) is 0 Å². The van der Waals surface area contributed by atoms with Crippen molar-refractivity contribution in [3.63, 3.8) is 0 Å². The van der Waals surface area contributed by atoms with Gasteiger partial charge in [0.05, 0.1) is 11.6 Å². The highest BCUT2D eigenvalue weighted by molar-refractivity contribution is 5.94. The minimum Gasteiger partial charge on any atom is -0.332 e. The van der Waals surface area contributed by atoms with Crippen molar-refractivity contribution in [2.45, 2.75) is 25.3 Å². The number of hydrogen-bond acceptors (Lipinski definition) is 2. The van der Waals surface area contributed by atoms with Gasteiger partial charge in [0.25, 0.3) is 5.91 Å². The van der Waals surface area contributed by atoms with Crippen molar-refractivity contribution in [3.8, 4) is 0 Å². The molecule has 2 aromatic rings. The molecular formula is C18H19FN2O2. The Bertz CT molecular complexity index is 767. The van der Waals surface area contributed by atoms with Crippen molar-refractivity contribution in [3.05, 3.63) is 69.9 Å². The molecule has 1 amide bonds. The standard InChI is InChI=1S/C18H19FN2O2/c1-20-12-14(7-10-17(20)22)18(23)21-11-3-2-4-16(21)13-5-8-15(19)9-6-13/h5-10,12,16H,2-4,11H2,1H3/t16-/m1/s1. The first kappa shape index (κ1) is 15.5. The van der Waals surface area contributed by atoms with Crippen LogP contribution in [-0.2, 0) is 7.05 Å². The van der Waals surface area contributed by atoms with Gasteiger partial charge in [0, 0.05) is 25.9 Å². The zero-order chi connectivity index (χ0) is 16.4. The first-order valence-corrected chi connectivity index (χ1v) is 7.79. The number of carbonyl (C=O) groups is 1. The Morgan fingerprint density at radius 2 is 1.87 bits per heavy atom. The third-order valence-corrected chi connectivity index (χ3v) is 4.35. The fraction of sp³-hybridized carbons (Fsp3) is 0.333. The van der Waals surface area contributed by atoms with E-state index in [1.807, 2.05) is 4.90 Å². The molecule has 1 atom stereocenters. The SMILES string of the molecule is Cn1cc(C(=O)N2CCCC[C@@H]2c2ccc(F)cc2)ccc1=O. The summed E-state index contributed by atoms with van der Waals surface area (Å²) in [6.45, 7) is 0.670. The van der Waals surface area contributed by atoms with E-state index >= 15 is 0 Å². The smallest absolute Gasteiger partial charge is 0.255 e. The number of carbonyl (C=O) groups excluding carboxylic acids is 1. The predicted molar refractivity (Wildman–Crippen MR) is 85.7 cm³/mol. The predicted octanol–water partition coefficient (Wildman–Crippen LogP) is 2.89. The van der Waals surface area contributed by atoms with Gasteiger partial charge in [-0.15, -0.1) is 0 Å². The van der Waals surface area contributed by atoms with Gasteiger partial charge >= 0.3 is 0 Å². The molecule has 1 saturated heterocycles. The highest BCUT2D eigenvalue weighted by Gasteiger charge is 2.28. The molecule has 2 heterocycles. The van der Waals surface area contributed by atoms with Crippen LogP contribution in [0, 0.1) is 5.82 Å². The van der Waals surface area contributed by atoms with Gasteiger partial charge in [-0.3, -0.25) is 9.59 Å². The summed E-state index contributed by atoms with van der Waals surface area (Å²) in [4.78, 5) is 26.2. The third kappa shape index (κ3) is 3.18. The van der Waals surface area contributed by atoms with Gasteiger partial charge < -0.3 is 9.47 Å². The minimum absolute atomic E-state index is 0.0471. The molecule has 0 bridgehead atoms. The number of likely N-dealkylation sites (tertiary alicyclic amines) is 1. The summed E-state index contributed by atoms with van der Waals surface area (Å²) in [6, 6.07) is 9.27. The molecule has 1 aromatic heterocycles. The summed E-state index contributed by atoms with van der Waals surface area (Å²) >= 11 is 0. The maximum absolute atomic E-state index is 13.1. The summed E-state index contributed by atoms with van der Waals surface area (Å²) in [5.74, 6) is -0.366.